The lowest BCUT2D eigenvalue weighted by Crippen LogP contribution is -2.34. The van der Waals surface area contributed by atoms with Crippen molar-refractivity contribution in [3.63, 3.8) is 0 Å². The molecule has 0 radical (unpaired) electrons. The molecule has 0 aliphatic heterocycles. The summed E-state index contributed by atoms with van der Waals surface area (Å²) >= 11 is 11.5. The second-order valence-corrected chi connectivity index (χ2v) is 4.72. The Balaban J connectivity index is 2.37. The van der Waals surface area contributed by atoms with Gasteiger partial charge in [-0.2, -0.15) is 0 Å². The molecule has 0 aliphatic carbocycles. The summed E-state index contributed by atoms with van der Waals surface area (Å²) in [6.07, 6.45) is 0. The fourth-order valence-corrected chi connectivity index (χ4v) is 1.41. The molecule has 0 fully saturated rings. The Morgan fingerprint density at radius 3 is 2.63 bits per heavy atom. The molecule has 1 amide bonds. The lowest BCUT2D eigenvalue weighted by atomic mass is 10.2. The number of halogens is 2. The Hall–Kier alpha value is -1.46. The summed E-state index contributed by atoms with van der Waals surface area (Å²) in [7, 11) is 0. The summed E-state index contributed by atoms with van der Waals surface area (Å²) in [5, 5.41) is 11.8. The maximum atomic E-state index is 11.4. The zero-order valence-corrected chi connectivity index (χ0v) is 11.7. The molecule has 0 heterocycles. The molecule has 104 valence electrons. The van der Waals surface area contributed by atoms with Gasteiger partial charge in [-0.1, -0.05) is 30.1 Å². The molecule has 1 rings (SSSR count). The van der Waals surface area contributed by atoms with E-state index in [0.29, 0.717) is 15.8 Å². The third kappa shape index (κ3) is 5.36. The fraction of sp³-hybridized carbons (Fsp3) is 0.333. The number of nitrogens with one attached hydrogen (secondary N) is 1. The first-order valence-corrected chi connectivity index (χ1v) is 6.23. The average Bonchev–Trinajstić information content (AvgIpc) is 2.37. The van der Waals surface area contributed by atoms with E-state index in [4.69, 9.17) is 33.0 Å². The van der Waals surface area contributed by atoms with Crippen molar-refractivity contribution >= 4 is 35.1 Å². The van der Waals surface area contributed by atoms with Crippen LogP contribution in [0.2, 0.25) is 10.0 Å². The maximum Gasteiger partial charge on any atom is 0.308 e. The lowest BCUT2D eigenvalue weighted by Gasteiger charge is -2.10. The van der Waals surface area contributed by atoms with E-state index in [9.17, 15) is 9.59 Å². The minimum Gasteiger partial charge on any atom is -0.484 e. The van der Waals surface area contributed by atoms with Crippen LogP contribution in [0.4, 0.5) is 0 Å². The fourth-order valence-electron chi connectivity index (χ4n) is 1.12. The molecule has 7 heteroatoms. The smallest absolute Gasteiger partial charge is 0.308 e. The van der Waals surface area contributed by atoms with E-state index in [1.54, 1.807) is 12.1 Å². The van der Waals surface area contributed by atoms with Crippen LogP contribution >= 0.6 is 23.2 Å². The first-order chi connectivity index (χ1) is 8.90. The molecule has 1 aromatic carbocycles. The van der Waals surface area contributed by atoms with E-state index in [0.717, 1.165) is 0 Å². The van der Waals surface area contributed by atoms with Gasteiger partial charge in [0.15, 0.2) is 6.61 Å². The number of carboxylic acid groups (broad SMARTS) is 1. The Morgan fingerprint density at radius 2 is 2.05 bits per heavy atom. The Labute approximate surface area is 120 Å². The molecule has 0 saturated heterocycles. The van der Waals surface area contributed by atoms with Crippen molar-refractivity contribution in [1.29, 1.82) is 0 Å². The summed E-state index contributed by atoms with van der Waals surface area (Å²) in [6.45, 7) is 1.34. The Morgan fingerprint density at radius 1 is 1.37 bits per heavy atom. The van der Waals surface area contributed by atoms with Crippen LogP contribution in [0.5, 0.6) is 5.75 Å². The number of carbonyl (C=O) groups is 2. The van der Waals surface area contributed by atoms with E-state index in [-0.39, 0.29) is 13.2 Å². The standard InChI is InChI=1S/C12H13Cl2NO4/c1-7(12(17)18)5-15-11(16)6-19-8-2-3-9(13)10(14)4-8/h2-4,7H,5-6H2,1H3,(H,15,16)(H,17,18). The van der Waals surface area contributed by atoms with Gasteiger partial charge in [0.2, 0.25) is 0 Å². The van der Waals surface area contributed by atoms with Gasteiger partial charge in [-0.25, -0.2) is 0 Å². The van der Waals surface area contributed by atoms with Crippen molar-refractivity contribution in [3.05, 3.63) is 28.2 Å². The number of benzene rings is 1. The first-order valence-electron chi connectivity index (χ1n) is 5.47. The second-order valence-electron chi connectivity index (χ2n) is 3.91. The van der Waals surface area contributed by atoms with Gasteiger partial charge in [0.25, 0.3) is 5.91 Å². The third-order valence-electron chi connectivity index (χ3n) is 2.29. The number of hydrogen-bond acceptors (Lipinski definition) is 3. The van der Waals surface area contributed by atoms with Crippen LogP contribution in [0.3, 0.4) is 0 Å². The topological polar surface area (TPSA) is 75.6 Å². The number of rotatable bonds is 6. The molecule has 5 nitrogen and oxygen atoms in total. The van der Waals surface area contributed by atoms with Gasteiger partial charge < -0.3 is 15.2 Å². The van der Waals surface area contributed by atoms with Gasteiger partial charge in [0, 0.05) is 12.6 Å². The minimum absolute atomic E-state index is 0.0545. The number of carbonyl (C=O) groups excluding carboxylic acids is 1. The lowest BCUT2D eigenvalue weighted by molar-refractivity contribution is -0.141. The van der Waals surface area contributed by atoms with Crippen molar-refractivity contribution < 1.29 is 19.4 Å². The number of hydrogen-bond donors (Lipinski definition) is 2. The summed E-state index contributed by atoms with van der Waals surface area (Å²) in [5.74, 6) is -1.60. The van der Waals surface area contributed by atoms with Crippen LogP contribution in [0, 0.1) is 5.92 Å². The molecule has 1 atom stereocenters. The van der Waals surface area contributed by atoms with Crippen molar-refractivity contribution in [2.75, 3.05) is 13.2 Å². The number of amides is 1. The highest BCUT2D eigenvalue weighted by molar-refractivity contribution is 6.42. The average molecular weight is 306 g/mol. The molecule has 2 N–H and O–H groups in total. The molecule has 0 aliphatic rings. The van der Waals surface area contributed by atoms with Gasteiger partial charge in [-0.3, -0.25) is 9.59 Å². The molecule has 1 unspecified atom stereocenters. The number of ether oxygens (including phenoxy) is 1. The predicted molar refractivity (Wildman–Crippen MR) is 71.8 cm³/mol. The highest BCUT2D eigenvalue weighted by Crippen LogP contribution is 2.26. The van der Waals surface area contributed by atoms with Gasteiger partial charge in [-0.05, 0) is 12.1 Å². The zero-order valence-electron chi connectivity index (χ0n) is 10.2. The van der Waals surface area contributed by atoms with Crippen LogP contribution < -0.4 is 10.1 Å². The van der Waals surface area contributed by atoms with Crippen molar-refractivity contribution in [1.82, 2.24) is 5.32 Å². The van der Waals surface area contributed by atoms with Gasteiger partial charge in [0.1, 0.15) is 5.75 Å². The van der Waals surface area contributed by atoms with Crippen LogP contribution in [0.1, 0.15) is 6.92 Å². The summed E-state index contributed by atoms with van der Waals surface area (Å²) in [6, 6.07) is 4.64. The molecular weight excluding hydrogens is 293 g/mol. The predicted octanol–water partition coefficient (Wildman–Crippen LogP) is 2.21. The number of carboxylic acids is 1. The highest BCUT2D eigenvalue weighted by Gasteiger charge is 2.12. The van der Waals surface area contributed by atoms with Crippen LogP contribution in [0.15, 0.2) is 18.2 Å². The highest BCUT2D eigenvalue weighted by atomic mass is 35.5. The van der Waals surface area contributed by atoms with Crippen molar-refractivity contribution in [2.45, 2.75) is 6.92 Å². The van der Waals surface area contributed by atoms with Gasteiger partial charge >= 0.3 is 5.97 Å². The molecule has 1 aromatic rings. The second kappa shape index (κ2) is 7.21. The summed E-state index contributed by atoms with van der Waals surface area (Å²) in [5.41, 5.74) is 0. The first kappa shape index (κ1) is 15.6. The molecule has 0 spiro atoms. The SMILES string of the molecule is CC(CNC(=O)COc1ccc(Cl)c(Cl)c1)C(=O)O. The summed E-state index contributed by atoms with van der Waals surface area (Å²) < 4.78 is 5.19. The van der Waals surface area contributed by atoms with Crippen molar-refractivity contribution in [2.24, 2.45) is 5.92 Å². The van der Waals surface area contributed by atoms with E-state index in [2.05, 4.69) is 5.32 Å². The van der Waals surface area contributed by atoms with Gasteiger partial charge in [0.05, 0.1) is 16.0 Å². The largest absolute Gasteiger partial charge is 0.484 e. The molecule has 0 aromatic heterocycles. The van der Waals surface area contributed by atoms with E-state index in [1.807, 2.05) is 0 Å². The van der Waals surface area contributed by atoms with Crippen molar-refractivity contribution in [3.8, 4) is 5.75 Å². The molecule has 0 saturated carbocycles. The quantitative estimate of drug-likeness (QED) is 0.845. The third-order valence-corrected chi connectivity index (χ3v) is 3.03. The normalized spacial score (nSPS) is 11.7. The van der Waals surface area contributed by atoms with E-state index < -0.39 is 17.8 Å². The molecule has 0 bridgehead atoms. The van der Waals surface area contributed by atoms with Gasteiger partial charge in [-0.15, -0.1) is 0 Å². The van der Waals surface area contributed by atoms with E-state index in [1.165, 1.54) is 13.0 Å². The Bertz CT molecular complexity index is 479. The maximum absolute atomic E-state index is 11.4. The number of aliphatic carboxylic acids is 1. The van der Waals surface area contributed by atoms with Crippen LogP contribution in [0.25, 0.3) is 0 Å². The summed E-state index contributed by atoms with van der Waals surface area (Å²) in [4.78, 5) is 22.0. The monoisotopic (exact) mass is 305 g/mol. The molecule has 19 heavy (non-hydrogen) atoms. The van der Waals surface area contributed by atoms with Crippen LogP contribution in [-0.2, 0) is 9.59 Å². The zero-order chi connectivity index (χ0) is 14.4. The van der Waals surface area contributed by atoms with E-state index >= 15 is 0 Å². The Kier molecular flexibility index (Phi) is 5.92. The molecular formula is C12H13Cl2NO4. The minimum atomic E-state index is -0.967. The van der Waals surface area contributed by atoms with Crippen LogP contribution in [-0.4, -0.2) is 30.1 Å².